The van der Waals surface area contributed by atoms with E-state index in [0.29, 0.717) is 0 Å². The van der Waals surface area contributed by atoms with E-state index in [4.69, 9.17) is 10.4 Å². The second-order valence-corrected chi connectivity index (χ2v) is 4.03. The number of hydrogen-bond acceptors (Lipinski definition) is 2. The summed E-state index contributed by atoms with van der Waals surface area (Å²) in [6.45, 7) is 0. The lowest BCUT2D eigenvalue weighted by Gasteiger charge is -2.12. The summed E-state index contributed by atoms with van der Waals surface area (Å²) in [7, 11) is 0. The van der Waals surface area contributed by atoms with Crippen molar-refractivity contribution in [3.05, 3.63) is 33.3 Å². The van der Waals surface area contributed by atoms with Gasteiger partial charge in [0.1, 0.15) is 0 Å². The highest BCUT2D eigenvalue weighted by atomic mass is 79.9. The molecule has 0 aliphatic carbocycles. The van der Waals surface area contributed by atoms with Gasteiger partial charge in [-0.25, -0.2) is 0 Å². The second-order valence-electron chi connectivity index (χ2n) is 3.18. The number of rotatable bonds is 2. The molecule has 0 amide bonds. The standard InChI is InChI=1S/C10H5BrF3NO2/c11-7-2-5(3-8(16)17)1-6(4-15)9(7)10(12,13)14/h1-2H,3H2,(H,16,17). The molecule has 1 aromatic rings. The van der Waals surface area contributed by atoms with E-state index < -0.39 is 29.7 Å². The molecule has 0 aliphatic heterocycles. The Morgan fingerprint density at radius 3 is 2.47 bits per heavy atom. The normalized spacial score (nSPS) is 11.0. The molecule has 0 fully saturated rings. The molecule has 0 aliphatic rings. The number of hydrogen-bond donors (Lipinski definition) is 1. The summed E-state index contributed by atoms with van der Waals surface area (Å²) in [6.07, 6.45) is -5.10. The number of carboxylic acid groups (broad SMARTS) is 1. The van der Waals surface area contributed by atoms with Gasteiger partial charge in [0, 0.05) is 4.47 Å². The lowest BCUT2D eigenvalue weighted by molar-refractivity contribution is -0.138. The Labute approximate surface area is 103 Å². The van der Waals surface area contributed by atoms with Gasteiger partial charge in [0.25, 0.3) is 0 Å². The molecule has 0 spiro atoms. The van der Waals surface area contributed by atoms with Gasteiger partial charge >= 0.3 is 12.1 Å². The number of benzene rings is 1. The van der Waals surface area contributed by atoms with Crippen molar-refractivity contribution in [3.63, 3.8) is 0 Å². The van der Waals surface area contributed by atoms with Crippen LogP contribution in [0.4, 0.5) is 13.2 Å². The maximum Gasteiger partial charge on any atom is 0.418 e. The highest BCUT2D eigenvalue weighted by Gasteiger charge is 2.36. The molecule has 0 saturated carbocycles. The van der Waals surface area contributed by atoms with Crippen molar-refractivity contribution in [2.45, 2.75) is 12.6 Å². The minimum atomic E-state index is -4.66. The van der Waals surface area contributed by atoms with Crippen molar-refractivity contribution in [2.75, 3.05) is 0 Å². The minimum absolute atomic E-state index is 0.133. The van der Waals surface area contributed by atoms with Crippen molar-refractivity contribution in [2.24, 2.45) is 0 Å². The quantitative estimate of drug-likeness (QED) is 0.913. The third-order valence-corrected chi connectivity index (χ3v) is 2.53. The van der Waals surface area contributed by atoms with Crippen LogP contribution in [-0.2, 0) is 17.4 Å². The van der Waals surface area contributed by atoms with Crippen molar-refractivity contribution in [3.8, 4) is 6.07 Å². The second kappa shape index (κ2) is 4.75. The Bertz CT molecular complexity index is 505. The SMILES string of the molecule is N#Cc1cc(CC(=O)O)cc(Br)c1C(F)(F)F. The summed E-state index contributed by atoms with van der Waals surface area (Å²) in [6, 6.07) is 3.40. The summed E-state index contributed by atoms with van der Waals surface area (Å²) in [4.78, 5) is 10.4. The molecular formula is C10H5BrF3NO2. The average Bonchev–Trinajstić information content (AvgIpc) is 2.13. The van der Waals surface area contributed by atoms with E-state index in [1.165, 1.54) is 6.07 Å². The van der Waals surface area contributed by atoms with Crippen molar-refractivity contribution in [1.82, 2.24) is 0 Å². The molecule has 17 heavy (non-hydrogen) atoms. The van der Waals surface area contributed by atoms with Crippen LogP contribution in [0.5, 0.6) is 0 Å². The summed E-state index contributed by atoms with van der Waals surface area (Å²) in [5, 5.41) is 17.2. The molecule has 1 N–H and O–H groups in total. The topological polar surface area (TPSA) is 61.1 Å². The number of carboxylic acids is 1. The molecular weight excluding hydrogens is 303 g/mol. The van der Waals surface area contributed by atoms with E-state index in [-0.39, 0.29) is 10.0 Å². The van der Waals surface area contributed by atoms with E-state index in [2.05, 4.69) is 15.9 Å². The molecule has 0 saturated heterocycles. The maximum absolute atomic E-state index is 12.6. The van der Waals surface area contributed by atoms with Gasteiger partial charge in [0.2, 0.25) is 0 Å². The number of halogens is 4. The van der Waals surface area contributed by atoms with Gasteiger partial charge in [0.05, 0.1) is 23.6 Å². The highest BCUT2D eigenvalue weighted by molar-refractivity contribution is 9.10. The van der Waals surface area contributed by atoms with E-state index in [9.17, 15) is 18.0 Å². The first-order chi connectivity index (χ1) is 7.75. The molecule has 1 aromatic carbocycles. The molecule has 0 radical (unpaired) electrons. The first-order valence-electron chi connectivity index (χ1n) is 4.27. The third-order valence-electron chi connectivity index (χ3n) is 1.91. The number of nitriles is 1. The van der Waals surface area contributed by atoms with Crippen LogP contribution >= 0.6 is 15.9 Å². The van der Waals surface area contributed by atoms with Gasteiger partial charge in [-0.05, 0) is 17.7 Å². The summed E-state index contributed by atoms with van der Waals surface area (Å²) in [5.74, 6) is -1.18. The molecule has 90 valence electrons. The van der Waals surface area contributed by atoms with Crippen LogP contribution in [0.3, 0.4) is 0 Å². The zero-order chi connectivity index (χ0) is 13.2. The third kappa shape index (κ3) is 3.20. The lowest BCUT2D eigenvalue weighted by atomic mass is 10.0. The van der Waals surface area contributed by atoms with Gasteiger partial charge in [-0.15, -0.1) is 0 Å². The molecule has 3 nitrogen and oxygen atoms in total. The molecule has 0 bridgehead atoms. The molecule has 0 atom stereocenters. The largest absolute Gasteiger partial charge is 0.481 e. The molecule has 1 rings (SSSR count). The van der Waals surface area contributed by atoms with Crippen molar-refractivity contribution < 1.29 is 23.1 Å². The predicted molar refractivity (Wildman–Crippen MR) is 55.2 cm³/mol. The predicted octanol–water partition coefficient (Wildman–Crippen LogP) is 2.97. The number of carbonyl (C=O) groups is 1. The molecule has 0 heterocycles. The molecule has 0 aromatic heterocycles. The lowest BCUT2D eigenvalue weighted by Crippen LogP contribution is -2.10. The van der Waals surface area contributed by atoms with E-state index in [1.54, 1.807) is 0 Å². The monoisotopic (exact) mass is 307 g/mol. The van der Waals surface area contributed by atoms with Gasteiger partial charge in [-0.3, -0.25) is 4.79 Å². The van der Waals surface area contributed by atoms with Crippen LogP contribution in [-0.4, -0.2) is 11.1 Å². The smallest absolute Gasteiger partial charge is 0.418 e. The Morgan fingerprint density at radius 2 is 2.06 bits per heavy atom. The Balaban J connectivity index is 3.38. The van der Waals surface area contributed by atoms with Crippen LogP contribution in [0.25, 0.3) is 0 Å². The van der Waals surface area contributed by atoms with Gasteiger partial charge < -0.3 is 5.11 Å². The van der Waals surface area contributed by atoms with Gasteiger partial charge in [-0.1, -0.05) is 15.9 Å². The highest BCUT2D eigenvalue weighted by Crippen LogP contribution is 2.37. The number of aliphatic carboxylic acids is 1. The summed E-state index contributed by atoms with van der Waals surface area (Å²) < 4.78 is 37.4. The average molecular weight is 308 g/mol. The Morgan fingerprint density at radius 1 is 1.47 bits per heavy atom. The first kappa shape index (κ1) is 13.5. The van der Waals surface area contributed by atoms with Crippen LogP contribution < -0.4 is 0 Å². The fourth-order valence-electron chi connectivity index (χ4n) is 1.32. The summed E-state index contributed by atoms with van der Waals surface area (Å²) in [5.41, 5.74) is -1.55. The minimum Gasteiger partial charge on any atom is -0.481 e. The fraction of sp³-hybridized carbons (Fsp3) is 0.200. The van der Waals surface area contributed by atoms with Crippen LogP contribution in [0.1, 0.15) is 16.7 Å². The molecule has 0 unspecified atom stereocenters. The van der Waals surface area contributed by atoms with Gasteiger partial charge in [-0.2, -0.15) is 18.4 Å². The van der Waals surface area contributed by atoms with E-state index >= 15 is 0 Å². The summed E-state index contributed by atoms with van der Waals surface area (Å²) >= 11 is 2.70. The Kier molecular flexibility index (Phi) is 3.78. The maximum atomic E-state index is 12.6. The van der Waals surface area contributed by atoms with Crippen LogP contribution in [0.15, 0.2) is 16.6 Å². The number of nitrogens with zero attached hydrogens (tertiary/aromatic N) is 1. The van der Waals surface area contributed by atoms with Crippen molar-refractivity contribution in [1.29, 1.82) is 5.26 Å². The van der Waals surface area contributed by atoms with Crippen LogP contribution in [0, 0.1) is 11.3 Å². The van der Waals surface area contributed by atoms with Gasteiger partial charge in [0.15, 0.2) is 0 Å². The molecule has 7 heteroatoms. The number of alkyl halides is 3. The van der Waals surface area contributed by atoms with E-state index in [1.807, 2.05) is 0 Å². The zero-order valence-electron chi connectivity index (χ0n) is 8.18. The zero-order valence-corrected chi connectivity index (χ0v) is 9.76. The fourth-order valence-corrected chi connectivity index (χ4v) is 2.05. The van der Waals surface area contributed by atoms with Crippen molar-refractivity contribution >= 4 is 21.9 Å². The van der Waals surface area contributed by atoms with Crippen LogP contribution in [0.2, 0.25) is 0 Å². The first-order valence-corrected chi connectivity index (χ1v) is 5.06. The Hall–Kier alpha value is -1.55. The van der Waals surface area contributed by atoms with E-state index in [0.717, 1.165) is 12.1 Å².